The predicted molar refractivity (Wildman–Crippen MR) is 105 cm³/mol. The zero-order valence-electron chi connectivity index (χ0n) is 16.2. The van der Waals surface area contributed by atoms with Crippen molar-refractivity contribution in [3.05, 3.63) is 46.7 Å². The van der Waals surface area contributed by atoms with E-state index >= 15 is 0 Å². The van der Waals surface area contributed by atoms with Gasteiger partial charge < -0.3 is 14.5 Å². The Morgan fingerprint density at radius 3 is 2.79 bits per heavy atom. The highest BCUT2D eigenvalue weighted by Crippen LogP contribution is 2.41. The number of carbonyl (C=O) groups is 1. The molecule has 2 aromatic rings. The van der Waals surface area contributed by atoms with Gasteiger partial charge in [0.25, 0.3) is 11.5 Å². The Hall–Kier alpha value is -2.53. The maximum absolute atomic E-state index is 12.5. The lowest BCUT2D eigenvalue weighted by Crippen LogP contribution is -2.36. The molecule has 4 rings (SSSR count). The highest BCUT2D eigenvalue weighted by atomic mass is 32.2. The molecule has 1 saturated heterocycles. The maximum atomic E-state index is 12.5. The molecule has 1 amide bonds. The molecule has 0 aliphatic carbocycles. The second-order valence-electron chi connectivity index (χ2n) is 7.76. The van der Waals surface area contributed by atoms with E-state index in [-0.39, 0.29) is 5.56 Å². The predicted octanol–water partition coefficient (Wildman–Crippen LogP) is -0.433. The average molecular weight is 420 g/mol. The van der Waals surface area contributed by atoms with Crippen LogP contribution < -0.4 is 10.9 Å². The van der Waals surface area contributed by atoms with E-state index in [1.165, 1.54) is 10.6 Å². The lowest BCUT2D eigenvalue weighted by atomic mass is 9.85. The van der Waals surface area contributed by atoms with E-state index in [2.05, 4.69) is 15.3 Å². The summed E-state index contributed by atoms with van der Waals surface area (Å²) in [6.07, 6.45) is 10.1. The fourth-order valence-electron chi connectivity index (χ4n) is 4.17. The van der Waals surface area contributed by atoms with E-state index in [1.807, 2.05) is 15.3 Å². The number of aromatic nitrogens is 4. The van der Waals surface area contributed by atoms with Crippen LogP contribution in [-0.2, 0) is 28.5 Å². The van der Waals surface area contributed by atoms with Crippen LogP contribution in [0.2, 0.25) is 0 Å². The Labute approximate surface area is 168 Å². The fourth-order valence-corrected chi connectivity index (χ4v) is 5.07. The summed E-state index contributed by atoms with van der Waals surface area (Å²) in [6.45, 7) is 2.53. The third kappa shape index (κ3) is 3.84. The molecule has 2 aliphatic heterocycles. The van der Waals surface area contributed by atoms with Crippen LogP contribution in [0.15, 0.2) is 29.7 Å². The van der Waals surface area contributed by atoms with Gasteiger partial charge in [0.15, 0.2) is 0 Å². The number of rotatable bonds is 6. The fraction of sp³-hybridized carbons (Fsp3) is 0.556. The van der Waals surface area contributed by atoms with E-state index in [9.17, 15) is 18.0 Å². The van der Waals surface area contributed by atoms with E-state index < -0.39 is 26.9 Å². The van der Waals surface area contributed by atoms with Crippen LogP contribution in [0.5, 0.6) is 0 Å². The van der Waals surface area contributed by atoms with E-state index in [0.29, 0.717) is 51.3 Å². The lowest BCUT2D eigenvalue weighted by molar-refractivity contribution is 0.0950. The molecule has 0 aromatic carbocycles. The summed E-state index contributed by atoms with van der Waals surface area (Å²) in [7, 11) is -3.28. The smallest absolute Gasteiger partial charge is 0.285 e. The van der Waals surface area contributed by atoms with Gasteiger partial charge in [0.2, 0.25) is 10.0 Å². The van der Waals surface area contributed by atoms with Crippen molar-refractivity contribution in [2.45, 2.75) is 37.8 Å². The summed E-state index contributed by atoms with van der Waals surface area (Å²) in [5, 5.41) is 2.77. The minimum absolute atomic E-state index is 0.0198. The molecule has 1 spiro atoms. The molecule has 0 bridgehead atoms. The molecule has 4 heterocycles. The van der Waals surface area contributed by atoms with Crippen LogP contribution in [0.4, 0.5) is 0 Å². The SMILES string of the molecule is CS(=O)(=O)N1CC[C@]2(CCn3cc(C(=O)NCCCn4ccnc4)c(=O)nc32)C1. The topological polar surface area (TPSA) is 119 Å². The van der Waals surface area contributed by atoms with Gasteiger partial charge in [-0.15, -0.1) is 0 Å². The third-order valence-corrected chi connectivity index (χ3v) is 7.02. The Morgan fingerprint density at radius 2 is 2.10 bits per heavy atom. The minimum Gasteiger partial charge on any atom is -0.352 e. The van der Waals surface area contributed by atoms with Gasteiger partial charge in [-0.3, -0.25) is 9.59 Å². The van der Waals surface area contributed by atoms with Crippen LogP contribution >= 0.6 is 0 Å². The van der Waals surface area contributed by atoms with E-state index in [4.69, 9.17) is 0 Å². The summed E-state index contributed by atoms with van der Waals surface area (Å²) in [4.78, 5) is 33.2. The van der Waals surface area contributed by atoms with Crippen molar-refractivity contribution in [1.82, 2.24) is 28.7 Å². The molecular formula is C18H24N6O4S. The number of hydrogen-bond donors (Lipinski definition) is 1. The second kappa shape index (κ2) is 7.38. The Kier molecular flexibility index (Phi) is 5.03. The number of nitrogens with one attached hydrogen (secondary N) is 1. The van der Waals surface area contributed by atoms with Gasteiger partial charge in [-0.2, -0.15) is 4.98 Å². The molecule has 1 fully saturated rings. The number of carbonyl (C=O) groups excluding carboxylic acids is 1. The second-order valence-corrected chi connectivity index (χ2v) is 9.75. The number of imidazole rings is 1. The maximum Gasteiger partial charge on any atom is 0.285 e. The van der Waals surface area contributed by atoms with Gasteiger partial charge >= 0.3 is 0 Å². The van der Waals surface area contributed by atoms with Gasteiger partial charge in [-0.25, -0.2) is 17.7 Å². The minimum atomic E-state index is -3.28. The first-order valence-corrected chi connectivity index (χ1v) is 11.4. The first-order valence-electron chi connectivity index (χ1n) is 9.60. The molecule has 156 valence electrons. The lowest BCUT2D eigenvalue weighted by Gasteiger charge is -2.22. The highest BCUT2D eigenvalue weighted by molar-refractivity contribution is 7.88. The van der Waals surface area contributed by atoms with Crippen molar-refractivity contribution in [3.8, 4) is 0 Å². The largest absolute Gasteiger partial charge is 0.352 e. The molecule has 0 radical (unpaired) electrons. The monoisotopic (exact) mass is 420 g/mol. The van der Waals surface area contributed by atoms with Crippen molar-refractivity contribution < 1.29 is 13.2 Å². The van der Waals surface area contributed by atoms with Gasteiger partial charge in [0, 0.05) is 56.7 Å². The Morgan fingerprint density at radius 1 is 1.31 bits per heavy atom. The van der Waals surface area contributed by atoms with E-state index in [0.717, 1.165) is 6.54 Å². The molecule has 29 heavy (non-hydrogen) atoms. The molecular weight excluding hydrogens is 396 g/mol. The van der Waals surface area contributed by atoms with Gasteiger partial charge in [-0.1, -0.05) is 0 Å². The molecule has 2 aromatic heterocycles. The third-order valence-electron chi connectivity index (χ3n) is 5.77. The van der Waals surface area contributed by atoms with Crippen molar-refractivity contribution in [1.29, 1.82) is 0 Å². The number of hydrogen-bond acceptors (Lipinski definition) is 6. The van der Waals surface area contributed by atoms with Crippen molar-refractivity contribution >= 4 is 15.9 Å². The van der Waals surface area contributed by atoms with Crippen molar-refractivity contribution in [2.24, 2.45) is 0 Å². The summed E-state index contributed by atoms with van der Waals surface area (Å²) in [5.74, 6) is 0.152. The number of fused-ring (bicyclic) bond motifs is 2. The van der Waals surface area contributed by atoms with Gasteiger partial charge in [0.05, 0.1) is 12.6 Å². The Bertz CT molecular complexity index is 1080. The zero-order valence-corrected chi connectivity index (χ0v) is 17.1. The standard InChI is InChI=1S/C18H24N6O4S/c1-29(27,28)24-9-4-18(12-24)3-8-23-11-14(16(26)21-17(18)23)15(25)20-5-2-7-22-10-6-19-13-22/h6,10-11,13H,2-5,7-9,12H2,1H3,(H,20,25)/t18-/m1/s1. The number of amides is 1. The van der Waals surface area contributed by atoms with Crippen LogP contribution in [0.1, 0.15) is 35.4 Å². The number of sulfonamides is 1. The van der Waals surface area contributed by atoms with Crippen molar-refractivity contribution in [3.63, 3.8) is 0 Å². The average Bonchev–Trinajstić information content (AvgIpc) is 3.40. The normalized spacial score (nSPS) is 21.6. The number of aryl methyl sites for hydroxylation is 2. The first-order chi connectivity index (χ1) is 13.8. The first kappa shape index (κ1) is 19.8. The molecule has 11 heteroatoms. The number of nitrogens with zero attached hydrogens (tertiary/aromatic N) is 5. The van der Waals surface area contributed by atoms with Crippen LogP contribution in [0.3, 0.4) is 0 Å². The highest BCUT2D eigenvalue weighted by Gasteiger charge is 2.48. The molecule has 1 atom stereocenters. The van der Waals surface area contributed by atoms with Gasteiger partial charge in [0.1, 0.15) is 11.4 Å². The molecule has 2 aliphatic rings. The van der Waals surface area contributed by atoms with Crippen LogP contribution in [0.25, 0.3) is 0 Å². The summed E-state index contributed by atoms with van der Waals surface area (Å²) < 4.78 is 28.9. The van der Waals surface area contributed by atoms with Crippen molar-refractivity contribution in [2.75, 3.05) is 25.9 Å². The van der Waals surface area contributed by atoms with Crippen LogP contribution in [-0.4, -0.2) is 63.6 Å². The summed E-state index contributed by atoms with van der Waals surface area (Å²) in [6, 6.07) is 0. The quantitative estimate of drug-likeness (QED) is 0.633. The van der Waals surface area contributed by atoms with Gasteiger partial charge in [-0.05, 0) is 19.3 Å². The molecule has 1 N–H and O–H groups in total. The molecule has 0 unspecified atom stereocenters. The van der Waals surface area contributed by atoms with Crippen LogP contribution in [0, 0.1) is 0 Å². The molecule has 0 saturated carbocycles. The Balaban J connectivity index is 1.45. The zero-order chi connectivity index (χ0) is 20.6. The summed E-state index contributed by atoms with van der Waals surface area (Å²) in [5.41, 5.74) is -0.990. The van der Waals surface area contributed by atoms with E-state index in [1.54, 1.807) is 18.7 Å². The molecule has 10 nitrogen and oxygen atoms in total. The summed E-state index contributed by atoms with van der Waals surface area (Å²) >= 11 is 0.